The van der Waals surface area contributed by atoms with Crippen LogP contribution in [0.5, 0.6) is 5.75 Å². The summed E-state index contributed by atoms with van der Waals surface area (Å²) in [4.78, 5) is 24.6. The highest BCUT2D eigenvalue weighted by Gasteiger charge is 2.22. The van der Waals surface area contributed by atoms with Gasteiger partial charge in [0.2, 0.25) is 0 Å². The number of hydrogen-bond acceptors (Lipinski definition) is 4. The Labute approximate surface area is 169 Å². The maximum atomic E-state index is 12.4. The van der Waals surface area contributed by atoms with Crippen LogP contribution in [0.3, 0.4) is 0 Å². The molecule has 0 aliphatic carbocycles. The molecule has 0 aliphatic heterocycles. The van der Waals surface area contributed by atoms with Crippen LogP contribution in [0.4, 0.5) is 0 Å². The number of carbonyl (C=O) groups excluding carboxylic acids is 2. The third kappa shape index (κ3) is 7.80. The van der Waals surface area contributed by atoms with Crippen molar-refractivity contribution in [3.8, 4) is 5.75 Å². The summed E-state index contributed by atoms with van der Waals surface area (Å²) in [5.41, 5.74) is 3.35. The van der Waals surface area contributed by atoms with E-state index in [2.05, 4.69) is 15.8 Å². The van der Waals surface area contributed by atoms with Gasteiger partial charge in [0.1, 0.15) is 11.8 Å². The fourth-order valence-electron chi connectivity index (χ4n) is 2.41. The van der Waals surface area contributed by atoms with Gasteiger partial charge in [-0.05, 0) is 42.2 Å². The van der Waals surface area contributed by atoms with Gasteiger partial charge in [-0.3, -0.25) is 9.59 Å². The zero-order valence-corrected chi connectivity index (χ0v) is 16.6. The fraction of sp³-hybridized carbons (Fsp3) is 0.286. The van der Waals surface area contributed by atoms with Crippen LogP contribution in [-0.4, -0.2) is 30.7 Å². The smallest absolute Gasteiger partial charge is 0.262 e. The van der Waals surface area contributed by atoms with E-state index in [4.69, 9.17) is 16.3 Å². The van der Waals surface area contributed by atoms with E-state index in [0.717, 1.165) is 5.56 Å². The molecule has 2 amide bonds. The predicted octanol–water partition coefficient (Wildman–Crippen LogP) is 3.40. The molecule has 0 saturated heterocycles. The number of hydrogen-bond donors (Lipinski definition) is 2. The van der Waals surface area contributed by atoms with Crippen molar-refractivity contribution in [3.63, 3.8) is 0 Å². The minimum atomic E-state index is -0.700. The van der Waals surface area contributed by atoms with Gasteiger partial charge < -0.3 is 10.1 Å². The van der Waals surface area contributed by atoms with Gasteiger partial charge in [0.25, 0.3) is 11.8 Å². The van der Waals surface area contributed by atoms with Gasteiger partial charge in [0.05, 0.1) is 6.21 Å². The molecule has 0 unspecified atom stereocenters. The largest absolute Gasteiger partial charge is 0.484 e. The first-order valence-electron chi connectivity index (χ1n) is 8.99. The molecule has 0 aliphatic rings. The Bertz CT molecular complexity index is 792. The average molecular weight is 402 g/mol. The van der Waals surface area contributed by atoms with Crippen molar-refractivity contribution in [2.45, 2.75) is 26.3 Å². The maximum Gasteiger partial charge on any atom is 0.262 e. The van der Waals surface area contributed by atoms with Crippen LogP contribution in [0.2, 0.25) is 5.02 Å². The van der Waals surface area contributed by atoms with Crippen LogP contribution in [-0.2, 0) is 9.59 Å². The molecule has 2 N–H and O–H groups in total. The van der Waals surface area contributed by atoms with E-state index in [-0.39, 0.29) is 24.3 Å². The quantitative estimate of drug-likeness (QED) is 0.499. The molecule has 2 aromatic rings. The predicted molar refractivity (Wildman–Crippen MR) is 111 cm³/mol. The van der Waals surface area contributed by atoms with Gasteiger partial charge in [-0.1, -0.05) is 55.8 Å². The molecule has 7 heteroatoms. The number of nitrogens with zero attached hydrogens (tertiary/aromatic N) is 1. The second kappa shape index (κ2) is 11.1. The standard InChI is InChI=1S/C21H24ClN3O3/c1-15(2)12-19(21(27)25-23-13-16-6-4-3-5-7-16)24-20(26)14-28-18-10-8-17(22)9-11-18/h3-11,13,15,19H,12,14H2,1-2H3,(H,24,26)(H,25,27)/b23-13-/t19-/m1/s1. The number of nitrogens with one attached hydrogen (secondary N) is 2. The number of rotatable bonds is 9. The van der Waals surface area contributed by atoms with Crippen molar-refractivity contribution >= 4 is 29.6 Å². The van der Waals surface area contributed by atoms with Gasteiger partial charge in [0.15, 0.2) is 6.61 Å². The van der Waals surface area contributed by atoms with Gasteiger partial charge in [-0.2, -0.15) is 5.10 Å². The fourth-order valence-corrected chi connectivity index (χ4v) is 2.53. The van der Waals surface area contributed by atoms with Gasteiger partial charge in [0, 0.05) is 5.02 Å². The second-order valence-electron chi connectivity index (χ2n) is 6.64. The molecule has 0 aromatic heterocycles. The first-order chi connectivity index (χ1) is 13.4. The first kappa shape index (κ1) is 21.4. The molecule has 2 aromatic carbocycles. The molecule has 1 atom stereocenters. The van der Waals surface area contributed by atoms with Crippen LogP contribution in [0.25, 0.3) is 0 Å². The van der Waals surface area contributed by atoms with E-state index < -0.39 is 6.04 Å². The summed E-state index contributed by atoms with van der Waals surface area (Å²) < 4.78 is 5.42. The minimum Gasteiger partial charge on any atom is -0.484 e. The third-order valence-electron chi connectivity index (χ3n) is 3.73. The van der Waals surface area contributed by atoms with Crippen molar-refractivity contribution < 1.29 is 14.3 Å². The van der Waals surface area contributed by atoms with Crippen LogP contribution in [0.15, 0.2) is 59.7 Å². The van der Waals surface area contributed by atoms with Crippen molar-refractivity contribution in [2.24, 2.45) is 11.0 Å². The lowest BCUT2D eigenvalue weighted by Crippen LogP contribution is -2.47. The van der Waals surface area contributed by atoms with Crippen molar-refractivity contribution in [3.05, 3.63) is 65.2 Å². The Balaban J connectivity index is 1.88. The Hall–Kier alpha value is -2.86. The molecule has 0 spiro atoms. The van der Waals surface area contributed by atoms with Crippen molar-refractivity contribution in [1.29, 1.82) is 0 Å². The van der Waals surface area contributed by atoms with E-state index >= 15 is 0 Å². The topological polar surface area (TPSA) is 79.8 Å². The summed E-state index contributed by atoms with van der Waals surface area (Å²) in [7, 11) is 0. The Morgan fingerprint density at radius 1 is 1.11 bits per heavy atom. The second-order valence-corrected chi connectivity index (χ2v) is 7.07. The molecule has 6 nitrogen and oxygen atoms in total. The summed E-state index contributed by atoms with van der Waals surface area (Å²) in [6.45, 7) is 3.75. The average Bonchev–Trinajstić information content (AvgIpc) is 2.67. The highest BCUT2D eigenvalue weighted by molar-refractivity contribution is 6.30. The first-order valence-corrected chi connectivity index (χ1v) is 9.37. The van der Waals surface area contributed by atoms with Crippen LogP contribution in [0.1, 0.15) is 25.8 Å². The Morgan fingerprint density at radius 2 is 1.79 bits per heavy atom. The summed E-state index contributed by atoms with van der Waals surface area (Å²) in [5.74, 6) is -0.0216. The van der Waals surface area contributed by atoms with Crippen LogP contribution in [0, 0.1) is 5.92 Å². The van der Waals surface area contributed by atoms with Gasteiger partial charge in [-0.15, -0.1) is 0 Å². The molecule has 28 heavy (non-hydrogen) atoms. The Kier molecular flexibility index (Phi) is 8.49. The maximum absolute atomic E-state index is 12.4. The highest BCUT2D eigenvalue weighted by Crippen LogP contribution is 2.15. The van der Waals surface area contributed by atoms with E-state index in [1.807, 2.05) is 44.2 Å². The SMILES string of the molecule is CC(C)C[C@@H](NC(=O)COc1ccc(Cl)cc1)C(=O)N/N=C\c1ccccc1. The zero-order valence-electron chi connectivity index (χ0n) is 15.9. The molecule has 0 bridgehead atoms. The number of hydrazone groups is 1. The van der Waals surface area contributed by atoms with Gasteiger partial charge in [-0.25, -0.2) is 5.43 Å². The number of ether oxygens (including phenoxy) is 1. The molecular weight excluding hydrogens is 378 g/mol. The third-order valence-corrected chi connectivity index (χ3v) is 3.98. The lowest BCUT2D eigenvalue weighted by molar-refractivity contribution is -0.130. The highest BCUT2D eigenvalue weighted by atomic mass is 35.5. The lowest BCUT2D eigenvalue weighted by atomic mass is 10.0. The lowest BCUT2D eigenvalue weighted by Gasteiger charge is -2.19. The molecule has 0 heterocycles. The summed E-state index contributed by atoms with van der Waals surface area (Å²) in [6.07, 6.45) is 2.04. The molecule has 2 rings (SSSR count). The van der Waals surface area contributed by atoms with E-state index in [0.29, 0.717) is 17.2 Å². The monoisotopic (exact) mass is 401 g/mol. The number of benzene rings is 2. The van der Waals surface area contributed by atoms with E-state index in [9.17, 15) is 9.59 Å². The Morgan fingerprint density at radius 3 is 2.43 bits per heavy atom. The number of carbonyl (C=O) groups is 2. The number of amides is 2. The molecule has 0 saturated carbocycles. The van der Waals surface area contributed by atoms with E-state index in [1.165, 1.54) is 0 Å². The van der Waals surface area contributed by atoms with E-state index in [1.54, 1.807) is 30.5 Å². The number of halogens is 1. The molecule has 148 valence electrons. The van der Waals surface area contributed by atoms with Crippen LogP contribution < -0.4 is 15.5 Å². The summed E-state index contributed by atoms with van der Waals surface area (Å²) >= 11 is 5.82. The summed E-state index contributed by atoms with van der Waals surface area (Å²) in [5, 5.41) is 7.25. The molecule has 0 fully saturated rings. The van der Waals surface area contributed by atoms with Gasteiger partial charge >= 0.3 is 0 Å². The van der Waals surface area contributed by atoms with Crippen molar-refractivity contribution in [1.82, 2.24) is 10.7 Å². The summed E-state index contributed by atoms with van der Waals surface area (Å²) in [6, 6.07) is 15.4. The van der Waals surface area contributed by atoms with Crippen molar-refractivity contribution in [2.75, 3.05) is 6.61 Å². The minimum absolute atomic E-state index is 0.198. The molecular formula is C21H24ClN3O3. The zero-order chi connectivity index (χ0) is 20.4. The normalized spacial score (nSPS) is 12.0. The van der Waals surface area contributed by atoms with Crippen LogP contribution >= 0.6 is 11.6 Å². The molecule has 0 radical (unpaired) electrons.